The van der Waals surface area contributed by atoms with Crippen LogP contribution in [0.15, 0.2) is 29.3 Å². The van der Waals surface area contributed by atoms with Crippen LogP contribution in [-0.2, 0) is 20.7 Å². The van der Waals surface area contributed by atoms with E-state index < -0.39 is 5.92 Å². The number of hydrogen-bond acceptors (Lipinski definition) is 5. The van der Waals surface area contributed by atoms with Crippen molar-refractivity contribution in [1.29, 1.82) is 0 Å². The summed E-state index contributed by atoms with van der Waals surface area (Å²) in [7, 11) is 2.02. The van der Waals surface area contributed by atoms with Crippen LogP contribution in [0, 0.1) is 5.92 Å². The molecule has 2 heterocycles. The molecule has 1 aromatic carbocycles. The number of nitrogens with zero attached hydrogens (tertiary/aromatic N) is 2. The summed E-state index contributed by atoms with van der Waals surface area (Å²) in [6.07, 6.45) is 0.831. The number of benzene rings is 1. The molecule has 22 heavy (non-hydrogen) atoms. The predicted octanol–water partition coefficient (Wildman–Crippen LogP) is 2.04. The Morgan fingerprint density at radius 1 is 1.32 bits per heavy atom. The largest absolute Gasteiger partial charge is 0.481 e. The van der Waals surface area contributed by atoms with Crippen molar-refractivity contribution in [1.82, 2.24) is 0 Å². The van der Waals surface area contributed by atoms with Crippen LogP contribution >= 0.6 is 0 Å². The summed E-state index contributed by atoms with van der Waals surface area (Å²) >= 11 is 0. The van der Waals surface area contributed by atoms with E-state index in [-0.39, 0.29) is 18.1 Å². The molecule has 0 bridgehead atoms. The van der Waals surface area contributed by atoms with Gasteiger partial charge in [-0.2, -0.15) is 0 Å². The van der Waals surface area contributed by atoms with Gasteiger partial charge in [0.15, 0.2) is 5.92 Å². The van der Waals surface area contributed by atoms with E-state index in [4.69, 9.17) is 9.47 Å². The van der Waals surface area contributed by atoms with Crippen molar-refractivity contribution in [3.8, 4) is 0 Å². The third kappa shape index (κ3) is 2.34. The lowest BCUT2D eigenvalue weighted by Gasteiger charge is -2.39. The SMILES string of the molecule is CCOC(=O)C1C(OCC)=NC2Cc3ccccc3N(C)C21. The van der Waals surface area contributed by atoms with Gasteiger partial charge in [-0.05, 0) is 31.9 Å². The highest BCUT2D eigenvalue weighted by atomic mass is 16.5. The number of fused-ring (bicyclic) bond motifs is 2. The Bertz CT molecular complexity index is 599. The number of carbonyl (C=O) groups excluding carboxylic acids is 1. The molecule has 2 aliphatic rings. The van der Waals surface area contributed by atoms with Gasteiger partial charge in [0.1, 0.15) is 0 Å². The maximum atomic E-state index is 12.4. The normalized spacial score (nSPS) is 26.0. The number of para-hydroxylation sites is 1. The predicted molar refractivity (Wildman–Crippen MR) is 85.3 cm³/mol. The van der Waals surface area contributed by atoms with E-state index in [9.17, 15) is 4.79 Å². The Balaban J connectivity index is 1.96. The molecule has 0 fully saturated rings. The average molecular weight is 302 g/mol. The van der Waals surface area contributed by atoms with E-state index >= 15 is 0 Å². The summed E-state index contributed by atoms with van der Waals surface area (Å²) in [6, 6.07) is 8.28. The Kier molecular flexibility index (Phi) is 4.05. The molecule has 3 unspecified atom stereocenters. The number of aliphatic imine (C=N–C) groups is 1. The van der Waals surface area contributed by atoms with E-state index in [2.05, 4.69) is 22.0 Å². The van der Waals surface area contributed by atoms with Crippen molar-refractivity contribution in [3.63, 3.8) is 0 Å². The Labute approximate surface area is 130 Å². The number of esters is 1. The topological polar surface area (TPSA) is 51.1 Å². The maximum absolute atomic E-state index is 12.4. The molecule has 0 spiro atoms. The van der Waals surface area contributed by atoms with Crippen LogP contribution in [0.25, 0.3) is 0 Å². The smallest absolute Gasteiger partial charge is 0.320 e. The number of anilines is 1. The molecular formula is C17H22N2O3. The third-order valence-electron chi connectivity index (χ3n) is 4.38. The molecule has 0 radical (unpaired) electrons. The molecule has 118 valence electrons. The van der Waals surface area contributed by atoms with Gasteiger partial charge >= 0.3 is 5.97 Å². The van der Waals surface area contributed by atoms with Crippen molar-refractivity contribution in [2.75, 3.05) is 25.2 Å². The van der Waals surface area contributed by atoms with Crippen molar-refractivity contribution in [2.24, 2.45) is 10.9 Å². The minimum absolute atomic E-state index is 0.0319. The second kappa shape index (κ2) is 5.99. The molecule has 0 saturated heterocycles. The van der Waals surface area contributed by atoms with E-state index in [1.54, 1.807) is 0 Å². The van der Waals surface area contributed by atoms with Gasteiger partial charge in [0.25, 0.3) is 0 Å². The lowest BCUT2D eigenvalue weighted by molar-refractivity contribution is -0.146. The monoisotopic (exact) mass is 302 g/mol. The molecular weight excluding hydrogens is 280 g/mol. The van der Waals surface area contributed by atoms with Crippen LogP contribution in [0.2, 0.25) is 0 Å². The number of rotatable bonds is 3. The molecule has 5 nitrogen and oxygen atoms in total. The first-order valence-electron chi connectivity index (χ1n) is 7.85. The van der Waals surface area contributed by atoms with Gasteiger partial charge in [0.2, 0.25) is 5.90 Å². The highest BCUT2D eigenvalue weighted by Gasteiger charge is 2.49. The molecule has 0 N–H and O–H groups in total. The molecule has 0 aromatic heterocycles. The lowest BCUT2D eigenvalue weighted by Crippen LogP contribution is -2.51. The van der Waals surface area contributed by atoms with Crippen LogP contribution < -0.4 is 4.90 Å². The Morgan fingerprint density at radius 3 is 2.82 bits per heavy atom. The van der Waals surface area contributed by atoms with E-state index in [0.29, 0.717) is 19.1 Å². The van der Waals surface area contributed by atoms with E-state index in [1.165, 1.54) is 5.56 Å². The van der Waals surface area contributed by atoms with Gasteiger partial charge in [-0.15, -0.1) is 0 Å². The first kappa shape index (κ1) is 14.9. The quantitative estimate of drug-likeness (QED) is 0.802. The van der Waals surface area contributed by atoms with Crippen molar-refractivity contribution in [3.05, 3.63) is 29.8 Å². The maximum Gasteiger partial charge on any atom is 0.320 e. The number of likely N-dealkylation sites (N-methyl/N-ethyl adjacent to an activating group) is 1. The van der Waals surface area contributed by atoms with Crippen molar-refractivity contribution in [2.45, 2.75) is 32.4 Å². The van der Waals surface area contributed by atoms with Crippen molar-refractivity contribution < 1.29 is 14.3 Å². The minimum Gasteiger partial charge on any atom is -0.481 e. The second-order valence-corrected chi connectivity index (χ2v) is 5.63. The zero-order valence-electron chi connectivity index (χ0n) is 13.3. The standard InChI is InChI=1S/C17H22N2O3/c1-4-21-16-14(17(20)22-5-2)15-12(18-16)10-11-8-6-7-9-13(11)19(15)3/h6-9,12,14-15H,4-5,10H2,1-3H3. The van der Waals surface area contributed by atoms with Gasteiger partial charge in [-0.3, -0.25) is 4.79 Å². The fourth-order valence-corrected chi connectivity index (χ4v) is 3.50. The number of ether oxygens (including phenoxy) is 2. The molecule has 0 amide bonds. The van der Waals surface area contributed by atoms with Gasteiger partial charge < -0.3 is 14.4 Å². The molecule has 5 heteroatoms. The summed E-state index contributed by atoms with van der Waals surface area (Å²) in [5, 5.41) is 0. The summed E-state index contributed by atoms with van der Waals surface area (Å²) in [4.78, 5) is 19.3. The van der Waals surface area contributed by atoms with E-state index in [1.807, 2.05) is 33.0 Å². The van der Waals surface area contributed by atoms with Crippen molar-refractivity contribution >= 4 is 17.6 Å². The lowest BCUT2D eigenvalue weighted by atomic mass is 9.87. The molecule has 3 atom stereocenters. The van der Waals surface area contributed by atoms with Gasteiger partial charge in [0.05, 0.1) is 25.3 Å². The molecule has 2 aliphatic heterocycles. The van der Waals surface area contributed by atoms with Crippen LogP contribution in [0.3, 0.4) is 0 Å². The summed E-state index contributed by atoms with van der Waals surface area (Å²) in [5.41, 5.74) is 2.42. The third-order valence-corrected chi connectivity index (χ3v) is 4.38. The van der Waals surface area contributed by atoms with Crippen LogP contribution in [0.1, 0.15) is 19.4 Å². The fourth-order valence-electron chi connectivity index (χ4n) is 3.50. The Hall–Kier alpha value is -2.04. The summed E-state index contributed by atoms with van der Waals surface area (Å²) in [5.74, 6) is -0.160. The van der Waals surface area contributed by atoms with Crippen LogP contribution in [0.4, 0.5) is 5.69 Å². The van der Waals surface area contributed by atoms with E-state index in [0.717, 1.165) is 12.1 Å². The van der Waals surface area contributed by atoms with Crippen LogP contribution in [0.5, 0.6) is 0 Å². The zero-order valence-corrected chi connectivity index (χ0v) is 13.3. The minimum atomic E-state index is -0.441. The fraction of sp³-hybridized carbons (Fsp3) is 0.529. The van der Waals surface area contributed by atoms with Gasteiger partial charge in [-0.25, -0.2) is 4.99 Å². The molecule has 3 rings (SSSR count). The summed E-state index contributed by atoms with van der Waals surface area (Å²) in [6.45, 7) is 4.60. The number of carbonyl (C=O) groups is 1. The Morgan fingerprint density at radius 2 is 2.09 bits per heavy atom. The first-order chi connectivity index (χ1) is 10.7. The summed E-state index contributed by atoms with van der Waals surface area (Å²) < 4.78 is 10.9. The van der Waals surface area contributed by atoms with Gasteiger partial charge in [0, 0.05) is 12.7 Å². The first-order valence-corrected chi connectivity index (χ1v) is 7.85. The highest BCUT2D eigenvalue weighted by Crippen LogP contribution is 2.38. The number of hydrogen-bond donors (Lipinski definition) is 0. The van der Waals surface area contributed by atoms with Gasteiger partial charge in [-0.1, -0.05) is 18.2 Å². The average Bonchev–Trinajstić information content (AvgIpc) is 2.86. The van der Waals surface area contributed by atoms with Crippen LogP contribution in [-0.4, -0.2) is 44.2 Å². The zero-order chi connectivity index (χ0) is 15.7. The second-order valence-electron chi connectivity index (χ2n) is 5.63. The molecule has 0 saturated carbocycles. The molecule has 1 aromatic rings. The molecule has 0 aliphatic carbocycles. The highest BCUT2D eigenvalue weighted by molar-refractivity contribution is 6.01.